The van der Waals surface area contributed by atoms with Gasteiger partial charge in [-0.05, 0) is 43.5 Å². The standard InChI is InChI=1S/C19H24N4O/c1-15-5-3-4-6-17(15)8-10-19(24)23-13-11-22(12-14-23)18-9-7-16(2)20-21-18/h3-7,9H,8,10-14H2,1-2H3. The van der Waals surface area contributed by atoms with Crippen LogP contribution in [0.5, 0.6) is 0 Å². The van der Waals surface area contributed by atoms with Crippen molar-refractivity contribution in [3.05, 3.63) is 53.2 Å². The van der Waals surface area contributed by atoms with Crippen LogP contribution in [0.3, 0.4) is 0 Å². The fraction of sp³-hybridized carbons (Fsp3) is 0.421. The van der Waals surface area contributed by atoms with Crippen LogP contribution < -0.4 is 4.90 Å². The second kappa shape index (κ2) is 7.43. The molecule has 0 aliphatic carbocycles. The number of hydrogen-bond donors (Lipinski definition) is 0. The topological polar surface area (TPSA) is 49.3 Å². The van der Waals surface area contributed by atoms with Crippen LogP contribution in [0.25, 0.3) is 0 Å². The Morgan fingerprint density at radius 3 is 2.42 bits per heavy atom. The monoisotopic (exact) mass is 324 g/mol. The number of rotatable bonds is 4. The molecule has 0 spiro atoms. The average Bonchev–Trinajstić information content (AvgIpc) is 2.62. The van der Waals surface area contributed by atoms with Crippen molar-refractivity contribution in [1.29, 1.82) is 0 Å². The highest BCUT2D eigenvalue weighted by Gasteiger charge is 2.21. The van der Waals surface area contributed by atoms with Gasteiger partial charge in [-0.25, -0.2) is 0 Å². The van der Waals surface area contributed by atoms with E-state index in [-0.39, 0.29) is 5.91 Å². The number of carbonyl (C=O) groups is 1. The number of aromatic nitrogens is 2. The molecule has 1 aromatic heterocycles. The molecule has 5 heteroatoms. The van der Waals surface area contributed by atoms with Crippen molar-refractivity contribution in [2.24, 2.45) is 0 Å². The number of benzene rings is 1. The zero-order valence-corrected chi connectivity index (χ0v) is 14.4. The molecule has 0 atom stereocenters. The predicted molar refractivity (Wildman–Crippen MR) is 95.1 cm³/mol. The molecule has 0 bridgehead atoms. The minimum absolute atomic E-state index is 0.243. The molecule has 0 unspecified atom stereocenters. The molecular weight excluding hydrogens is 300 g/mol. The molecule has 2 heterocycles. The fourth-order valence-electron chi connectivity index (χ4n) is 3.04. The summed E-state index contributed by atoms with van der Waals surface area (Å²) in [5, 5.41) is 8.34. The Labute approximate surface area is 143 Å². The first-order valence-corrected chi connectivity index (χ1v) is 8.51. The normalized spacial score (nSPS) is 14.8. The molecule has 0 radical (unpaired) electrons. The van der Waals surface area contributed by atoms with Crippen LogP contribution in [-0.4, -0.2) is 47.2 Å². The van der Waals surface area contributed by atoms with E-state index in [1.807, 2.05) is 36.1 Å². The van der Waals surface area contributed by atoms with Gasteiger partial charge in [0.1, 0.15) is 0 Å². The number of piperazine rings is 1. The van der Waals surface area contributed by atoms with E-state index in [9.17, 15) is 4.79 Å². The van der Waals surface area contributed by atoms with Crippen LogP contribution in [0.15, 0.2) is 36.4 Å². The second-order valence-corrected chi connectivity index (χ2v) is 6.33. The lowest BCUT2D eigenvalue weighted by Crippen LogP contribution is -2.49. The molecule has 1 aliphatic rings. The summed E-state index contributed by atoms with van der Waals surface area (Å²) < 4.78 is 0. The summed E-state index contributed by atoms with van der Waals surface area (Å²) in [6.07, 6.45) is 1.39. The predicted octanol–water partition coefficient (Wildman–Crippen LogP) is 2.37. The summed E-state index contributed by atoms with van der Waals surface area (Å²) >= 11 is 0. The molecule has 1 fully saturated rings. The Bertz CT molecular complexity index is 691. The van der Waals surface area contributed by atoms with Gasteiger partial charge in [0, 0.05) is 32.6 Å². The van der Waals surface area contributed by atoms with E-state index in [0.29, 0.717) is 6.42 Å². The number of anilines is 1. The maximum absolute atomic E-state index is 12.4. The molecule has 3 rings (SSSR count). The third-order valence-electron chi connectivity index (χ3n) is 4.61. The third-order valence-corrected chi connectivity index (χ3v) is 4.61. The highest BCUT2D eigenvalue weighted by Crippen LogP contribution is 2.15. The number of carbonyl (C=O) groups excluding carboxylic acids is 1. The molecule has 1 saturated heterocycles. The largest absolute Gasteiger partial charge is 0.352 e. The number of aryl methyl sites for hydroxylation is 3. The van der Waals surface area contributed by atoms with Crippen molar-refractivity contribution in [1.82, 2.24) is 15.1 Å². The van der Waals surface area contributed by atoms with Crippen LogP contribution in [0.4, 0.5) is 5.82 Å². The Morgan fingerprint density at radius 2 is 1.75 bits per heavy atom. The third kappa shape index (κ3) is 3.91. The molecule has 0 N–H and O–H groups in total. The van der Waals surface area contributed by atoms with Gasteiger partial charge in [-0.1, -0.05) is 24.3 Å². The van der Waals surface area contributed by atoms with E-state index in [0.717, 1.165) is 44.1 Å². The van der Waals surface area contributed by atoms with Crippen molar-refractivity contribution in [3.63, 3.8) is 0 Å². The first-order valence-electron chi connectivity index (χ1n) is 8.51. The average molecular weight is 324 g/mol. The highest BCUT2D eigenvalue weighted by atomic mass is 16.2. The van der Waals surface area contributed by atoms with Crippen LogP contribution in [0.2, 0.25) is 0 Å². The highest BCUT2D eigenvalue weighted by molar-refractivity contribution is 5.76. The van der Waals surface area contributed by atoms with Gasteiger partial charge in [0.25, 0.3) is 0 Å². The maximum atomic E-state index is 12.4. The van der Waals surface area contributed by atoms with E-state index >= 15 is 0 Å². The molecule has 1 amide bonds. The minimum Gasteiger partial charge on any atom is -0.352 e. The van der Waals surface area contributed by atoms with Gasteiger partial charge in [-0.3, -0.25) is 4.79 Å². The van der Waals surface area contributed by atoms with E-state index in [2.05, 4.69) is 34.2 Å². The van der Waals surface area contributed by atoms with Crippen LogP contribution in [0, 0.1) is 13.8 Å². The lowest BCUT2D eigenvalue weighted by atomic mass is 10.0. The van der Waals surface area contributed by atoms with Gasteiger partial charge >= 0.3 is 0 Å². The van der Waals surface area contributed by atoms with E-state index < -0.39 is 0 Å². The Morgan fingerprint density at radius 1 is 1.00 bits per heavy atom. The van der Waals surface area contributed by atoms with Crippen molar-refractivity contribution in [2.75, 3.05) is 31.1 Å². The molecule has 0 saturated carbocycles. The van der Waals surface area contributed by atoms with E-state index in [1.54, 1.807) is 0 Å². The Hall–Kier alpha value is -2.43. The quantitative estimate of drug-likeness (QED) is 0.866. The summed E-state index contributed by atoms with van der Waals surface area (Å²) in [7, 11) is 0. The zero-order valence-electron chi connectivity index (χ0n) is 14.4. The molecule has 5 nitrogen and oxygen atoms in total. The molecule has 2 aromatic rings. The van der Waals surface area contributed by atoms with Crippen molar-refractivity contribution in [3.8, 4) is 0 Å². The Balaban J connectivity index is 1.50. The molecular formula is C19H24N4O. The van der Waals surface area contributed by atoms with Crippen LogP contribution >= 0.6 is 0 Å². The number of hydrogen-bond acceptors (Lipinski definition) is 4. The fourth-order valence-corrected chi connectivity index (χ4v) is 3.04. The maximum Gasteiger partial charge on any atom is 0.223 e. The van der Waals surface area contributed by atoms with E-state index in [4.69, 9.17) is 0 Å². The van der Waals surface area contributed by atoms with Crippen LogP contribution in [-0.2, 0) is 11.2 Å². The first-order chi connectivity index (χ1) is 11.6. The number of nitrogens with zero attached hydrogens (tertiary/aromatic N) is 4. The van der Waals surface area contributed by atoms with Gasteiger partial charge in [0.2, 0.25) is 5.91 Å². The van der Waals surface area contributed by atoms with Gasteiger partial charge in [-0.15, -0.1) is 5.10 Å². The molecule has 24 heavy (non-hydrogen) atoms. The van der Waals surface area contributed by atoms with Crippen LogP contribution in [0.1, 0.15) is 23.2 Å². The van der Waals surface area contributed by atoms with E-state index in [1.165, 1.54) is 11.1 Å². The first kappa shape index (κ1) is 16.4. The summed E-state index contributed by atoms with van der Waals surface area (Å²) in [5.74, 6) is 1.14. The summed E-state index contributed by atoms with van der Waals surface area (Å²) in [6.45, 7) is 7.16. The summed E-state index contributed by atoms with van der Waals surface area (Å²) in [6, 6.07) is 12.2. The van der Waals surface area contributed by atoms with Gasteiger partial charge in [-0.2, -0.15) is 5.10 Å². The van der Waals surface area contributed by atoms with Crippen molar-refractivity contribution >= 4 is 11.7 Å². The van der Waals surface area contributed by atoms with Crippen molar-refractivity contribution < 1.29 is 4.79 Å². The summed E-state index contributed by atoms with van der Waals surface area (Å²) in [4.78, 5) is 16.6. The van der Waals surface area contributed by atoms with Gasteiger partial charge in [0.15, 0.2) is 5.82 Å². The lowest BCUT2D eigenvalue weighted by molar-refractivity contribution is -0.131. The van der Waals surface area contributed by atoms with Gasteiger partial charge in [0.05, 0.1) is 5.69 Å². The molecule has 1 aromatic carbocycles. The lowest BCUT2D eigenvalue weighted by Gasteiger charge is -2.35. The van der Waals surface area contributed by atoms with Gasteiger partial charge < -0.3 is 9.80 Å². The number of amides is 1. The molecule has 1 aliphatic heterocycles. The zero-order chi connectivity index (χ0) is 16.9. The SMILES string of the molecule is Cc1ccc(N2CCN(C(=O)CCc3ccccc3C)CC2)nn1. The Kier molecular flexibility index (Phi) is 5.08. The summed E-state index contributed by atoms with van der Waals surface area (Å²) in [5.41, 5.74) is 3.44. The second-order valence-electron chi connectivity index (χ2n) is 6.33. The smallest absolute Gasteiger partial charge is 0.223 e. The van der Waals surface area contributed by atoms with Crippen molar-refractivity contribution in [2.45, 2.75) is 26.7 Å². The minimum atomic E-state index is 0.243. The molecule has 126 valence electrons.